The van der Waals surface area contributed by atoms with E-state index in [0.717, 1.165) is 12.1 Å². The van der Waals surface area contributed by atoms with Crippen LogP contribution in [0.3, 0.4) is 0 Å². The molecule has 5 heteroatoms. The van der Waals surface area contributed by atoms with Crippen molar-refractivity contribution in [2.75, 3.05) is 0 Å². The standard InChI is InChI=1S/C13H10ClFO2S/c14-13-4-2-1-3-10(13)9-18(16,17)12-7-5-11(15)6-8-12/h1-8H,9H2. The van der Waals surface area contributed by atoms with E-state index in [1.807, 2.05) is 0 Å². The van der Waals surface area contributed by atoms with Crippen LogP contribution in [-0.2, 0) is 15.6 Å². The van der Waals surface area contributed by atoms with Crippen LogP contribution < -0.4 is 0 Å². The lowest BCUT2D eigenvalue weighted by atomic mass is 10.2. The second kappa shape index (κ2) is 5.08. The molecule has 2 rings (SSSR count). The quantitative estimate of drug-likeness (QED) is 0.809. The summed E-state index contributed by atoms with van der Waals surface area (Å²) in [5.74, 6) is -0.662. The Hall–Kier alpha value is -1.39. The molecule has 0 aliphatic rings. The molecule has 0 N–H and O–H groups in total. The zero-order valence-electron chi connectivity index (χ0n) is 9.31. The van der Waals surface area contributed by atoms with E-state index in [1.54, 1.807) is 24.3 Å². The third-order valence-electron chi connectivity index (χ3n) is 2.48. The van der Waals surface area contributed by atoms with Crippen molar-refractivity contribution in [2.45, 2.75) is 10.6 Å². The molecule has 0 radical (unpaired) electrons. The first-order valence-electron chi connectivity index (χ1n) is 5.21. The van der Waals surface area contributed by atoms with Crippen LogP contribution in [0, 0.1) is 5.82 Å². The first-order valence-corrected chi connectivity index (χ1v) is 7.24. The highest BCUT2D eigenvalue weighted by atomic mass is 35.5. The molecular formula is C13H10ClFO2S. The third-order valence-corrected chi connectivity index (χ3v) is 4.53. The highest BCUT2D eigenvalue weighted by Gasteiger charge is 2.16. The summed E-state index contributed by atoms with van der Waals surface area (Å²) < 4.78 is 36.9. The van der Waals surface area contributed by atoms with E-state index >= 15 is 0 Å². The van der Waals surface area contributed by atoms with Crippen molar-refractivity contribution in [3.8, 4) is 0 Å². The SMILES string of the molecule is O=S(=O)(Cc1ccccc1Cl)c1ccc(F)cc1. The minimum atomic E-state index is -3.50. The number of sulfone groups is 1. The Morgan fingerprint density at radius 2 is 1.61 bits per heavy atom. The molecule has 0 saturated heterocycles. The highest BCUT2D eigenvalue weighted by molar-refractivity contribution is 7.90. The molecule has 0 saturated carbocycles. The average Bonchev–Trinajstić information content (AvgIpc) is 2.32. The molecule has 0 aromatic heterocycles. The van der Waals surface area contributed by atoms with E-state index in [2.05, 4.69) is 0 Å². The fourth-order valence-corrected chi connectivity index (χ4v) is 3.21. The summed E-state index contributed by atoms with van der Waals surface area (Å²) in [6.45, 7) is 0. The van der Waals surface area contributed by atoms with Crippen LogP contribution in [0.1, 0.15) is 5.56 Å². The third kappa shape index (κ3) is 2.89. The van der Waals surface area contributed by atoms with Crippen LogP contribution in [0.2, 0.25) is 5.02 Å². The van der Waals surface area contributed by atoms with Gasteiger partial charge in [0.2, 0.25) is 0 Å². The first kappa shape index (κ1) is 13.1. The largest absolute Gasteiger partial charge is 0.223 e. The predicted octanol–water partition coefficient (Wildman–Crippen LogP) is 3.45. The number of rotatable bonds is 3. The summed E-state index contributed by atoms with van der Waals surface area (Å²) >= 11 is 5.92. The Balaban J connectivity index is 2.33. The van der Waals surface area contributed by atoms with Crippen LogP contribution in [-0.4, -0.2) is 8.42 Å². The van der Waals surface area contributed by atoms with Crippen LogP contribution in [0.4, 0.5) is 4.39 Å². The van der Waals surface area contributed by atoms with Crippen molar-refractivity contribution in [3.63, 3.8) is 0 Å². The van der Waals surface area contributed by atoms with Gasteiger partial charge in [-0.05, 0) is 35.9 Å². The second-order valence-electron chi connectivity index (χ2n) is 3.80. The van der Waals surface area contributed by atoms with Crippen molar-refractivity contribution in [2.24, 2.45) is 0 Å². The van der Waals surface area contributed by atoms with E-state index < -0.39 is 15.7 Å². The van der Waals surface area contributed by atoms with Gasteiger partial charge in [-0.15, -0.1) is 0 Å². The molecule has 2 nitrogen and oxygen atoms in total. The van der Waals surface area contributed by atoms with Gasteiger partial charge in [-0.25, -0.2) is 12.8 Å². The molecular weight excluding hydrogens is 275 g/mol. The molecule has 0 unspecified atom stereocenters. The molecule has 0 heterocycles. The molecule has 0 fully saturated rings. The van der Waals surface area contributed by atoms with E-state index in [-0.39, 0.29) is 10.6 Å². The van der Waals surface area contributed by atoms with E-state index in [4.69, 9.17) is 11.6 Å². The molecule has 0 amide bonds. The molecule has 94 valence electrons. The molecule has 0 bridgehead atoms. The summed E-state index contributed by atoms with van der Waals surface area (Å²) in [5.41, 5.74) is 0.531. The smallest absolute Gasteiger partial charge is 0.182 e. The van der Waals surface area contributed by atoms with Crippen LogP contribution >= 0.6 is 11.6 Å². The molecule has 18 heavy (non-hydrogen) atoms. The van der Waals surface area contributed by atoms with Gasteiger partial charge in [0, 0.05) is 5.02 Å². The van der Waals surface area contributed by atoms with Gasteiger partial charge in [-0.2, -0.15) is 0 Å². The van der Waals surface area contributed by atoms with Crippen LogP contribution in [0.25, 0.3) is 0 Å². The van der Waals surface area contributed by atoms with Gasteiger partial charge in [0.05, 0.1) is 10.6 Å². The summed E-state index contributed by atoms with van der Waals surface area (Å²) in [5, 5.41) is 0.406. The summed E-state index contributed by atoms with van der Waals surface area (Å²) in [7, 11) is -3.50. The summed E-state index contributed by atoms with van der Waals surface area (Å²) in [6, 6.07) is 11.5. The lowest BCUT2D eigenvalue weighted by molar-refractivity contribution is 0.594. The van der Waals surface area contributed by atoms with Gasteiger partial charge >= 0.3 is 0 Å². The Morgan fingerprint density at radius 3 is 2.22 bits per heavy atom. The van der Waals surface area contributed by atoms with Gasteiger partial charge in [0.25, 0.3) is 0 Å². The molecule has 2 aromatic rings. The van der Waals surface area contributed by atoms with Crippen molar-refractivity contribution >= 4 is 21.4 Å². The fraction of sp³-hybridized carbons (Fsp3) is 0.0769. The molecule has 0 aliphatic heterocycles. The topological polar surface area (TPSA) is 34.1 Å². The average molecular weight is 285 g/mol. The van der Waals surface area contributed by atoms with Crippen LogP contribution in [0.5, 0.6) is 0 Å². The zero-order valence-corrected chi connectivity index (χ0v) is 10.9. The lowest BCUT2D eigenvalue weighted by Crippen LogP contribution is -2.05. The second-order valence-corrected chi connectivity index (χ2v) is 6.20. The van der Waals surface area contributed by atoms with Crippen molar-refractivity contribution < 1.29 is 12.8 Å². The summed E-state index contributed by atoms with van der Waals surface area (Å²) in [6.07, 6.45) is 0. The highest BCUT2D eigenvalue weighted by Crippen LogP contribution is 2.22. The number of hydrogen-bond acceptors (Lipinski definition) is 2. The number of halogens is 2. The normalized spacial score (nSPS) is 11.4. The van der Waals surface area contributed by atoms with Gasteiger partial charge in [-0.3, -0.25) is 0 Å². The van der Waals surface area contributed by atoms with Gasteiger partial charge in [-0.1, -0.05) is 29.8 Å². The Kier molecular flexibility index (Phi) is 3.68. The maximum absolute atomic E-state index is 12.7. The van der Waals surface area contributed by atoms with E-state index in [9.17, 15) is 12.8 Å². The zero-order chi connectivity index (χ0) is 13.2. The van der Waals surface area contributed by atoms with E-state index in [0.29, 0.717) is 10.6 Å². The molecule has 2 aromatic carbocycles. The predicted molar refractivity (Wildman–Crippen MR) is 68.7 cm³/mol. The Bertz CT molecular complexity index is 651. The summed E-state index contributed by atoms with van der Waals surface area (Å²) in [4.78, 5) is 0.0869. The molecule has 0 aliphatic carbocycles. The Morgan fingerprint density at radius 1 is 1.00 bits per heavy atom. The first-order chi connectivity index (χ1) is 8.49. The van der Waals surface area contributed by atoms with Crippen molar-refractivity contribution in [1.82, 2.24) is 0 Å². The van der Waals surface area contributed by atoms with Crippen LogP contribution in [0.15, 0.2) is 53.4 Å². The van der Waals surface area contributed by atoms with Gasteiger partial charge in [0.1, 0.15) is 5.82 Å². The number of hydrogen-bond donors (Lipinski definition) is 0. The van der Waals surface area contributed by atoms with E-state index in [1.165, 1.54) is 12.1 Å². The maximum Gasteiger partial charge on any atom is 0.182 e. The maximum atomic E-state index is 12.7. The molecule has 0 atom stereocenters. The molecule has 0 spiro atoms. The van der Waals surface area contributed by atoms with Gasteiger partial charge < -0.3 is 0 Å². The monoisotopic (exact) mass is 284 g/mol. The fourth-order valence-electron chi connectivity index (χ4n) is 1.55. The lowest BCUT2D eigenvalue weighted by Gasteiger charge is -2.06. The number of benzene rings is 2. The minimum absolute atomic E-state index is 0.0869. The van der Waals surface area contributed by atoms with Crippen molar-refractivity contribution in [3.05, 3.63) is 64.9 Å². The minimum Gasteiger partial charge on any atom is -0.223 e. The van der Waals surface area contributed by atoms with Gasteiger partial charge in [0.15, 0.2) is 9.84 Å². The Labute approximate surface area is 110 Å². The van der Waals surface area contributed by atoms with Crippen molar-refractivity contribution in [1.29, 1.82) is 0 Å².